The largest absolute Gasteiger partial charge is 0.310 e. The number of benzene rings is 1. The molecule has 1 N–H and O–H groups in total. The van der Waals surface area contributed by atoms with E-state index in [1.165, 1.54) is 20.6 Å². The van der Waals surface area contributed by atoms with Crippen LogP contribution in [0.2, 0.25) is 0 Å². The number of rotatable bonds is 6. The van der Waals surface area contributed by atoms with Crippen molar-refractivity contribution in [2.45, 2.75) is 39.7 Å². The molecule has 2 nitrogen and oxygen atoms in total. The zero-order valence-corrected chi connectivity index (χ0v) is 14.6. The van der Waals surface area contributed by atoms with Crippen molar-refractivity contribution in [3.05, 3.63) is 49.9 Å². The van der Waals surface area contributed by atoms with E-state index in [0.717, 1.165) is 25.1 Å². The highest BCUT2D eigenvalue weighted by Crippen LogP contribution is 2.28. The van der Waals surface area contributed by atoms with Gasteiger partial charge in [0.15, 0.2) is 0 Å². The second-order valence-corrected chi connectivity index (χ2v) is 6.92. The fraction of sp³-hybridized carbons (Fsp3) is 0.438. The molecule has 0 aliphatic carbocycles. The molecule has 0 bridgehead atoms. The lowest BCUT2D eigenvalue weighted by molar-refractivity contribution is 0.526. The average Bonchev–Trinajstić information content (AvgIpc) is 2.83. The topological polar surface area (TPSA) is 24.9 Å². The van der Waals surface area contributed by atoms with Crippen LogP contribution >= 0.6 is 27.3 Å². The van der Waals surface area contributed by atoms with Crippen LogP contribution in [-0.4, -0.2) is 11.5 Å². The Bertz CT molecular complexity index is 565. The highest BCUT2D eigenvalue weighted by molar-refractivity contribution is 9.10. The van der Waals surface area contributed by atoms with Gasteiger partial charge in [-0.25, -0.2) is 4.98 Å². The van der Waals surface area contributed by atoms with Crippen LogP contribution in [0, 0.1) is 13.8 Å². The highest BCUT2D eigenvalue weighted by atomic mass is 79.9. The average molecular weight is 353 g/mol. The molecular weight excluding hydrogens is 332 g/mol. The van der Waals surface area contributed by atoms with Crippen molar-refractivity contribution < 1.29 is 0 Å². The highest BCUT2D eigenvalue weighted by Gasteiger charge is 2.16. The quantitative estimate of drug-likeness (QED) is 0.806. The van der Waals surface area contributed by atoms with Crippen LogP contribution in [0.25, 0.3) is 0 Å². The fourth-order valence-corrected chi connectivity index (χ4v) is 3.55. The van der Waals surface area contributed by atoms with Crippen molar-refractivity contribution in [1.82, 2.24) is 10.3 Å². The molecule has 20 heavy (non-hydrogen) atoms. The molecular formula is C16H21BrN2S. The number of hydrogen-bond acceptors (Lipinski definition) is 3. The van der Waals surface area contributed by atoms with E-state index in [2.05, 4.69) is 70.6 Å². The molecule has 1 heterocycles. The molecule has 108 valence electrons. The maximum atomic E-state index is 4.60. The van der Waals surface area contributed by atoms with E-state index < -0.39 is 0 Å². The third kappa shape index (κ3) is 4.14. The summed E-state index contributed by atoms with van der Waals surface area (Å²) in [5.74, 6) is 0. The summed E-state index contributed by atoms with van der Waals surface area (Å²) >= 11 is 5.43. The van der Waals surface area contributed by atoms with Crippen molar-refractivity contribution in [1.29, 1.82) is 0 Å². The minimum absolute atomic E-state index is 0.315. The second-order valence-electron chi connectivity index (χ2n) is 5.12. The normalized spacial score (nSPS) is 12.6. The van der Waals surface area contributed by atoms with Gasteiger partial charge in [-0.2, -0.15) is 0 Å². The van der Waals surface area contributed by atoms with Gasteiger partial charge in [-0.1, -0.05) is 40.5 Å². The van der Waals surface area contributed by atoms with E-state index in [9.17, 15) is 0 Å². The van der Waals surface area contributed by atoms with Crippen LogP contribution in [0.3, 0.4) is 0 Å². The SMILES string of the molecule is CCCNC(Cc1nc(C)cs1)c1cc(C)ccc1Br. The van der Waals surface area contributed by atoms with Gasteiger partial charge < -0.3 is 5.32 Å². The van der Waals surface area contributed by atoms with E-state index in [1.54, 1.807) is 11.3 Å². The third-order valence-corrected chi connectivity index (χ3v) is 4.92. The monoisotopic (exact) mass is 352 g/mol. The van der Waals surface area contributed by atoms with Gasteiger partial charge >= 0.3 is 0 Å². The number of aromatic nitrogens is 1. The molecule has 0 fully saturated rings. The first-order valence-corrected chi connectivity index (χ1v) is 8.68. The Balaban J connectivity index is 2.24. The molecule has 0 aliphatic heterocycles. The minimum Gasteiger partial charge on any atom is -0.310 e. The summed E-state index contributed by atoms with van der Waals surface area (Å²) < 4.78 is 1.17. The molecule has 4 heteroatoms. The first-order chi connectivity index (χ1) is 9.60. The molecule has 2 rings (SSSR count). The predicted molar refractivity (Wildman–Crippen MR) is 90.5 cm³/mol. The maximum Gasteiger partial charge on any atom is 0.0947 e. The summed E-state index contributed by atoms with van der Waals surface area (Å²) in [6, 6.07) is 6.85. The van der Waals surface area contributed by atoms with Crippen molar-refractivity contribution in [2.24, 2.45) is 0 Å². The van der Waals surface area contributed by atoms with Crippen molar-refractivity contribution in [3.8, 4) is 0 Å². The number of nitrogens with zero attached hydrogens (tertiary/aromatic N) is 1. The zero-order chi connectivity index (χ0) is 14.5. The Morgan fingerprint density at radius 2 is 2.15 bits per heavy atom. The van der Waals surface area contributed by atoms with E-state index in [0.29, 0.717) is 6.04 Å². The van der Waals surface area contributed by atoms with Gasteiger partial charge in [-0.15, -0.1) is 11.3 Å². The van der Waals surface area contributed by atoms with E-state index >= 15 is 0 Å². The number of thiazole rings is 1. The molecule has 0 spiro atoms. The van der Waals surface area contributed by atoms with Gasteiger partial charge in [0.1, 0.15) is 0 Å². The number of halogens is 1. The van der Waals surface area contributed by atoms with Crippen LogP contribution < -0.4 is 5.32 Å². The summed E-state index contributed by atoms with van der Waals surface area (Å²) in [4.78, 5) is 4.60. The summed E-state index contributed by atoms with van der Waals surface area (Å²) in [5, 5.41) is 6.97. The maximum absolute atomic E-state index is 4.60. The standard InChI is InChI=1S/C16H21BrN2S/c1-4-7-18-15(9-16-19-12(3)10-20-16)13-8-11(2)5-6-14(13)17/h5-6,8,10,15,18H,4,7,9H2,1-3H3. The Kier molecular flexibility index (Phi) is 5.75. The first-order valence-electron chi connectivity index (χ1n) is 7.00. The van der Waals surface area contributed by atoms with Gasteiger partial charge in [-0.05, 0) is 38.4 Å². The predicted octanol–water partition coefficient (Wildman–Crippen LogP) is 4.81. The van der Waals surface area contributed by atoms with Crippen molar-refractivity contribution in [2.75, 3.05) is 6.54 Å². The second kappa shape index (κ2) is 7.34. The number of aryl methyl sites for hydroxylation is 2. The van der Waals surface area contributed by atoms with Crippen LogP contribution in [0.4, 0.5) is 0 Å². The Morgan fingerprint density at radius 3 is 2.80 bits per heavy atom. The molecule has 0 radical (unpaired) electrons. The van der Waals surface area contributed by atoms with Gasteiger partial charge in [0.05, 0.1) is 5.01 Å². The molecule has 0 saturated carbocycles. The molecule has 0 aliphatic rings. The molecule has 2 aromatic rings. The number of hydrogen-bond donors (Lipinski definition) is 1. The molecule has 1 atom stereocenters. The van der Waals surface area contributed by atoms with E-state index in [4.69, 9.17) is 0 Å². The minimum atomic E-state index is 0.315. The van der Waals surface area contributed by atoms with Crippen LogP contribution in [-0.2, 0) is 6.42 Å². The zero-order valence-electron chi connectivity index (χ0n) is 12.2. The lowest BCUT2D eigenvalue weighted by Crippen LogP contribution is -2.24. The first kappa shape index (κ1) is 15.7. The summed E-state index contributed by atoms with van der Waals surface area (Å²) in [7, 11) is 0. The molecule has 0 saturated heterocycles. The van der Waals surface area contributed by atoms with Gasteiger partial charge in [0.25, 0.3) is 0 Å². The van der Waals surface area contributed by atoms with Crippen molar-refractivity contribution >= 4 is 27.3 Å². The summed E-state index contributed by atoms with van der Waals surface area (Å²) in [6.45, 7) is 7.41. The molecule has 0 amide bonds. The Morgan fingerprint density at radius 1 is 1.35 bits per heavy atom. The summed E-state index contributed by atoms with van der Waals surface area (Å²) in [6.07, 6.45) is 2.08. The van der Waals surface area contributed by atoms with Gasteiger partial charge in [-0.3, -0.25) is 0 Å². The van der Waals surface area contributed by atoms with Crippen molar-refractivity contribution in [3.63, 3.8) is 0 Å². The summed E-state index contributed by atoms with van der Waals surface area (Å²) in [5.41, 5.74) is 3.73. The molecule has 1 aromatic heterocycles. The lowest BCUT2D eigenvalue weighted by Gasteiger charge is -2.20. The fourth-order valence-electron chi connectivity index (χ4n) is 2.21. The van der Waals surface area contributed by atoms with E-state index in [1.807, 2.05) is 0 Å². The smallest absolute Gasteiger partial charge is 0.0947 e. The third-order valence-electron chi connectivity index (χ3n) is 3.21. The lowest BCUT2D eigenvalue weighted by atomic mass is 10.0. The Hall–Kier alpha value is -0.710. The molecule has 1 unspecified atom stereocenters. The van der Waals surface area contributed by atoms with Gasteiger partial charge in [0.2, 0.25) is 0 Å². The number of nitrogens with one attached hydrogen (secondary N) is 1. The molecule has 1 aromatic carbocycles. The van der Waals surface area contributed by atoms with Crippen LogP contribution in [0.15, 0.2) is 28.1 Å². The Labute approximate surface area is 133 Å². The van der Waals surface area contributed by atoms with Crippen LogP contribution in [0.5, 0.6) is 0 Å². The van der Waals surface area contributed by atoms with Gasteiger partial charge in [0, 0.05) is 28.0 Å². The van der Waals surface area contributed by atoms with Crippen LogP contribution in [0.1, 0.15) is 41.2 Å². The van der Waals surface area contributed by atoms with E-state index in [-0.39, 0.29) is 0 Å².